The van der Waals surface area contributed by atoms with E-state index in [-0.39, 0.29) is 22.9 Å². The minimum absolute atomic E-state index is 0.0115. The summed E-state index contributed by atoms with van der Waals surface area (Å²) in [4.78, 5) is 10.6. The van der Waals surface area contributed by atoms with E-state index >= 15 is 0 Å². The first-order valence-electron chi connectivity index (χ1n) is 30.1. The molecule has 1 aliphatic rings. The molecule has 0 aliphatic heterocycles. The molecule has 1 aliphatic carbocycles. The highest BCUT2D eigenvalue weighted by Crippen LogP contribution is 2.40. The highest BCUT2D eigenvalue weighted by atomic mass is 16.3. The van der Waals surface area contributed by atoms with E-state index in [0.29, 0.717) is 11.5 Å². The van der Waals surface area contributed by atoms with Crippen LogP contribution < -0.4 is 0 Å². The third-order valence-corrected chi connectivity index (χ3v) is 17.4. The van der Waals surface area contributed by atoms with Gasteiger partial charge in [-0.05, 0) is 149 Å². The Morgan fingerprint density at radius 1 is 0.443 bits per heavy atom. The second-order valence-electron chi connectivity index (χ2n) is 23.6. The lowest BCUT2D eigenvalue weighted by Crippen LogP contribution is -2.51. The maximum absolute atomic E-state index is 11.8. The number of rotatable bonds is 38. The molecule has 0 spiro atoms. The zero-order valence-electron chi connectivity index (χ0n) is 48.3. The highest BCUT2D eigenvalue weighted by molar-refractivity contribution is 5.86. The van der Waals surface area contributed by atoms with Crippen LogP contribution in [-0.2, 0) is 10.8 Å². The molecule has 6 heteroatoms. The number of aliphatic imine (C=N–C) groups is 2. The molecule has 3 rings (SSSR count). The van der Waals surface area contributed by atoms with Gasteiger partial charge in [0.15, 0.2) is 0 Å². The molecule has 0 radical (unpaired) electrons. The van der Waals surface area contributed by atoms with Crippen molar-refractivity contribution in [1.82, 2.24) is 0 Å². The normalized spacial score (nSPS) is 16.3. The Balaban J connectivity index is 2.05. The minimum Gasteiger partial charge on any atom is -0.507 e. The molecule has 2 aromatic carbocycles. The van der Waals surface area contributed by atoms with E-state index in [9.17, 15) is 10.2 Å². The molecule has 0 unspecified atom stereocenters. The molecule has 0 bridgehead atoms. The predicted molar refractivity (Wildman–Crippen MR) is 308 cm³/mol. The number of aryl methyl sites for hydroxylation is 2. The van der Waals surface area contributed by atoms with Crippen LogP contribution in [0.25, 0.3) is 0 Å². The summed E-state index contributed by atoms with van der Waals surface area (Å²) in [7, 11) is 0. The fraction of sp³-hybridized carbons (Fsp3) is 0.781. The van der Waals surface area contributed by atoms with Gasteiger partial charge in [-0.25, -0.2) is 0 Å². The van der Waals surface area contributed by atoms with Gasteiger partial charge in [-0.15, -0.1) is 0 Å². The van der Waals surface area contributed by atoms with E-state index in [1.54, 1.807) is 0 Å². The lowest BCUT2D eigenvalue weighted by molar-refractivity contribution is -0.929. The maximum atomic E-state index is 11.8. The number of phenolic OH excluding ortho intramolecular Hbond substituents is 2. The van der Waals surface area contributed by atoms with Gasteiger partial charge in [0.25, 0.3) is 0 Å². The summed E-state index contributed by atoms with van der Waals surface area (Å²) < 4.78 is 2.58. The molecule has 0 heterocycles. The van der Waals surface area contributed by atoms with Crippen LogP contribution in [0.1, 0.15) is 270 Å². The van der Waals surface area contributed by atoms with Gasteiger partial charge in [-0.1, -0.05) is 158 Å². The molecule has 2 N–H and O–H groups in total. The summed E-state index contributed by atoms with van der Waals surface area (Å²) in [6, 6.07) is 9.18. The van der Waals surface area contributed by atoms with Crippen molar-refractivity contribution in [2.24, 2.45) is 9.98 Å². The van der Waals surface area contributed by atoms with Crippen LogP contribution in [0.2, 0.25) is 0 Å². The Morgan fingerprint density at radius 3 is 1.00 bits per heavy atom. The molecule has 6 nitrogen and oxygen atoms in total. The second kappa shape index (κ2) is 32.5. The lowest BCUT2D eigenvalue weighted by Gasteiger charge is -2.42. The lowest BCUT2D eigenvalue weighted by atomic mass is 9.73. The molecule has 70 heavy (non-hydrogen) atoms. The molecule has 1 fully saturated rings. The first kappa shape index (κ1) is 61.6. The first-order valence-corrected chi connectivity index (χ1v) is 30.1. The molecular weight excluding hydrogens is 857 g/mol. The van der Waals surface area contributed by atoms with Gasteiger partial charge in [-0.2, -0.15) is 0 Å². The average molecular weight is 972 g/mol. The van der Waals surface area contributed by atoms with Gasteiger partial charge >= 0.3 is 0 Å². The zero-order valence-corrected chi connectivity index (χ0v) is 48.3. The van der Waals surface area contributed by atoms with Crippen molar-refractivity contribution in [3.05, 3.63) is 57.6 Å². The van der Waals surface area contributed by atoms with Gasteiger partial charge in [0.2, 0.25) is 0 Å². The van der Waals surface area contributed by atoms with Crippen LogP contribution >= 0.6 is 0 Å². The Labute approximate surface area is 434 Å². The standard InChI is InChI=1S/C64H112N4O2/c1-13-21-35-63(11,36-22-14-2)57-47-53(9)61(69)55(49-57)51-65-59-33-29-30-34-60(59)66-52-56-50-58(48-54(10)62(56)70)64(12,37-31-45-67(39-23-15-3,40-24-16-4)41-25-17-5)38-32-46-68(42-26-18-6,43-27-19-7)44-28-20-8/h47-52,59-60H,13-46H2,1-12H3/p+2/t59-,60-/m1/s1. The number of phenols is 2. The average Bonchev–Trinajstić information content (AvgIpc) is 3.36. The van der Waals surface area contributed by atoms with E-state index in [4.69, 9.17) is 9.98 Å². The first-order chi connectivity index (χ1) is 33.7. The summed E-state index contributed by atoms with van der Waals surface area (Å²) in [5.74, 6) is 0.706. The Hall–Kier alpha value is -2.70. The number of benzene rings is 2. The number of quaternary nitrogens is 2. The van der Waals surface area contributed by atoms with Gasteiger partial charge in [0.05, 0.1) is 64.4 Å². The van der Waals surface area contributed by atoms with Crippen LogP contribution in [0.3, 0.4) is 0 Å². The van der Waals surface area contributed by atoms with E-state index in [1.165, 1.54) is 201 Å². The third-order valence-electron chi connectivity index (χ3n) is 17.4. The van der Waals surface area contributed by atoms with E-state index in [2.05, 4.69) is 100 Å². The monoisotopic (exact) mass is 971 g/mol. The van der Waals surface area contributed by atoms with Crippen molar-refractivity contribution < 1.29 is 19.2 Å². The number of hydrogen-bond donors (Lipinski definition) is 2. The minimum atomic E-state index is -0.0115. The quantitative estimate of drug-likeness (QED) is 0.0520. The molecule has 400 valence electrons. The molecule has 0 aromatic heterocycles. The molecule has 2 aromatic rings. The van der Waals surface area contributed by atoms with Gasteiger partial charge in [0, 0.05) is 23.6 Å². The van der Waals surface area contributed by atoms with Crippen LogP contribution in [0.5, 0.6) is 11.5 Å². The number of hydrogen-bond acceptors (Lipinski definition) is 4. The van der Waals surface area contributed by atoms with Crippen molar-refractivity contribution in [2.45, 2.75) is 273 Å². The molecule has 0 saturated heterocycles. The van der Waals surface area contributed by atoms with Gasteiger partial charge in [0.1, 0.15) is 11.5 Å². The Morgan fingerprint density at radius 2 is 0.714 bits per heavy atom. The van der Waals surface area contributed by atoms with Crippen molar-refractivity contribution in [1.29, 1.82) is 0 Å². The fourth-order valence-electron chi connectivity index (χ4n) is 12.2. The van der Waals surface area contributed by atoms with Crippen molar-refractivity contribution >= 4 is 12.4 Å². The highest BCUT2D eigenvalue weighted by Gasteiger charge is 2.34. The fourth-order valence-corrected chi connectivity index (χ4v) is 12.2. The van der Waals surface area contributed by atoms with E-state index in [0.717, 1.165) is 60.8 Å². The smallest absolute Gasteiger partial charge is 0.127 e. The number of nitrogens with zero attached hydrogens (tertiary/aromatic N) is 4. The summed E-state index contributed by atoms with van der Waals surface area (Å²) >= 11 is 0. The summed E-state index contributed by atoms with van der Waals surface area (Å²) in [6.45, 7) is 38.3. The van der Waals surface area contributed by atoms with Crippen molar-refractivity contribution in [3.63, 3.8) is 0 Å². The Bertz CT molecular complexity index is 1710. The molecule has 1 saturated carbocycles. The van der Waals surface area contributed by atoms with Crippen molar-refractivity contribution in [2.75, 3.05) is 52.4 Å². The Kier molecular flexibility index (Phi) is 28.6. The summed E-state index contributed by atoms with van der Waals surface area (Å²) in [5.41, 5.74) is 6.34. The molecule has 0 amide bonds. The van der Waals surface area contributed by atoms with E-state index < -0.39 is 0 Å². The maximum Gasteiger partial charge on any atom is 0.127 e. The summed E-state index contributed by atoms with van der Waals surface area (Å²) in [6.07, 6.45) is 35.6. The molecular formula is C64H114N4O2+2. The van der Waals surface area contributed by atoms with Crippen LogP contribution in [0.15, 0.2) is 34.3 Å². The number of aromatic hydroxyl groups is 2. The van der Waals surface area contributed by atoms with Crippen LogP contribution in [0.4, 0.5) is 0 Å². The largest absolute Gasteiger partial charge is 0.507 e. The molecule has 2 atom stereocenters. The van der Waals surface area contributed by atoms with Crippen molar-refractivity contribution in [3.8, 4) is 11.5 Å². The predicted octanol–water partition coefficient (Wildman–Crippen LogP) is 17.5. The zero-order chi connectivity index (χ0) is 51.5. The third kappa shape index (κ3) is 19.3. The summed E-state index contributed by atoms with van der Waals surface area (Å²) in [5, 5.41) is 23.2. The second-order valence-corrected chi connectivity index (χ2v) is 23.6. The van der Waals surface area contributed by atoms with Gasteiger partial charge < -0.3 is 19.2 Å². The van der Waals surface area contributed by atoms with Gasteiger partial charge in [-0.3, -0.25) is 9.98 Å². The van der Waals surface area contributed by atoms with Crippen LogP contribution in [0, 0.1) is 13.8 Å². The van der Waals surface area contributed by atoms with E-state index in [1.807, 2.05) is 19.4 Å². The topological polar surface area (TPSA) is 65.2 Å². The SMILES string of the molecule is CCCCC(C)(CCCC)c1cc(C)c(O)c(C=N[C@@H]2CCCC[C@H]2N=Cc2cc(C(C)(CCC[N+](CCCC)(CCCC)CCCC)CCC[N+](CCCC)(CCCC)CCCC)cc(C)c2O)c1. The van der Waals surface area contributed by atoms with Crippen LogP contribution in [-0.4, -0.2) is 96.1 Å². The number of unbranched alkanes of at least 4 members (excludes halogenated alkanes) is 8.